The molecule has 1 aromatic rings. The maximum atomic E-state index is 4.92. The van der Waals surface area contributed by atoms with E-state index in [0.29, 0.717) is 0 Å². The van der Waals surface area contributed by atoms with Crippen molar-refractivity contribution in [3.05, 3.63) is 34.4 Å². The lowest BCUT2D eigenvalue weighted by Gasteiger charge is -2.20. The lowest BCUT2D eigenvalue weighted by molar-refractivity contribution is 0.212. The molecule has 1 aliphatic rings. The third-order valence-electron chi connectivity index (χ3n) is 3.17. The summed E-state index contributed by atoms with van der Waals surface area (Å²) in [5.74, 6) is 0. The predicted octanol–water partition coefficient (Wildman–Crippen LogP) is 2.99. The standard InChI is InChI=1S/C13H17NO/c1-9-7-8-11-5-4-6-12(14-15-3)13(11)10(9)2/h7-8H,4-6H2,1-3H3/b14-12+. The van der Waals surface area contributed by atoms with Crippen molar-refractivity contribution in [3.63, 3.8) is 0 Å². The zero-order valence-corrected chi connectivity index (χ0v) is 9.63. The molecule has 0 aromatic heterocycles. The van der Waals surface area contributed by atoms with Crippen LogP contribution in [-0.4, -0.2) is 12.8 Å². The van der Waals surface area contributed by atoms with Gasteiger partial charge in [-0.25, -0.2) is 0 Å². The highest BCUT2D eigenvalue weighted by Crippen LogP contribution is 2.26. The molecule has 0 unspecified atom stereocenters. The van der Waals surface area contributed by atoms with Crippen LogP contribution in [0.4, 0.5) is 0 Å². The van der Waals surface area contributed by atoms with Crippen LogP contribution in [0.2, 0.25) is 0 Å². The molecule has 0 heterocycles. The molecule has 2 nitrogen and oxygen atoms in total. The second-order valence-electron chi connectivity index (χ2n) is 4.12. The summed E-state index contributed by atoms with van der Waals surface area (Å²) in [6, 6.07) is 4.42. The van der Waals surface area contributed by atoms with Gasteiger partial charge in [0.25, 0.3) is 0 Å². The van der Waals surface area contributed by atoms with Crippen molar-refractivity contribution in [2.24, 2.45) is 5.16 Å². The van der Waals surface area contributed by atoms with Gasteiger partial charge in [0.15, 0.2) is 0 Å². The van der Waals surface area contributed by atoms with Gasteiger partial charge in [-0.05, 0) is 49.8 Å². The largest absolute Gasteiger partial charge is 0.399 e. The van der Waals surface area contributed by atoms with Gasteiger partial charge in [0.2, 0.25) is 0 Å². The Morgan fingerprint density at radius 2 is 2.00 bits per heavy atom. The molecule has 1 aromatic carbocycles. The van der Waals surface area contributed by atoms with Crippen molar-refractivity contribution in [1.82, 2.24) is 0 Å². The fourth-order valence-corrected chi connectivity index (χ4v) is 2.25. The molecule has 0 radical (unpaired) electrons. The van der Waals surface area contributed by atoms with Gasteiger partial charge in [-0.15, -0.1) is 0 Å². The Kier molecular flexibility index (Phi) is 2.76. The first kappa shape index (κ1) is 10.2. The first-order valence-electron chi connectivity index (χ1n) is 5.43. The fourth-order valence-electron chi connectivity index (χ4n) is 2.25. The highest BCUT2D eigenvalue weighted by atomic mass is 16.6. The Bertz CT molecular complexity index is 407. The van der Waals surface area contributed by atoms with E-state index in [0.717, 1.165) is 12.1 Å². The molecule has 80 valence electrons. The molecule has 0 atom stereocenters. The van der Waals surface area contributed by atoms with Gasteiger partial charge in [-0.1, -0.05) is 17.3 Å². The third kappa shape index (κ3) is 1.76. The third-order valence-corrected chi connectivity index (χ3v) is 3.17. The van der Waals surface area contributed by atoms with Crippen LogP contribution in [0.25, 0.3) is 0 Å². The van der Waals surface area contributed by atoms with Crippen molar-refractivity contribution >= 4 is 5.71 Å². The number of fused-ring (bicyclic) bond motifs is 1. The molecule has 15 heavy (non-hydrogen) atoms. The number of oxime groups is 1. The Morgan fingerprint density at radius 3 is 2.73 bits per heavy atom. The zero-order chi connectivity index (χ0) is 10.8. The van der Waals surface area contributed by atoms with Crippen molar-refractivity contribution in [1.29, 1.82) is 0 Å². The summed E-state index contributed by atoms with van der Waals surface area (Å²) in [4.78, 5) is 4.92. The zero-order valence-electron chi connectivity index (χ0n) is 9.63. The minimum atomic E-state index is 1.03. The molecule has 0 amide bonds. The van der Waals surface area contributed by atoms with Gasteiger partial charge < -0.3 is 4.84 Å². The van der Waals surface area contributed by atoms with E-state index in [-0.39, 0.29) is 0 Å². The van der Waals surface area contributed by atoms with Gasteiger partial charge in [0.05, 0.1) is 5.71 Å². The second-order valence-corrected chi connectivity index (χ2v) is 4.12. The highest BCUT2D eigenvalue weighted by molar-refractivity contribution is 6.03. The highest BCUT2D eigenvalue weighted by Gasteiger charge is 2.18. The molecule has 2 heteroatoms. The van der Waals surface area contributed by atoms with E-state index in [9.17, 15) is 0 Å². The summed E-state index contributed by atoms with van der Waals surface area (Å²) in [6.45, 7) is 4.32. The van der Waals surface area contributed by atoms with Crippen LogP contribution < -0.4 is 0 Å². The van der Waals surface area contributed by atoms with Crippen LogP contribution in [0, 0.1) is 13.8 Å². The van der Waals surface area contributed by atoms with Crippen molar-refractivity contribution in [2.45, 2.75) is 33.1 Å². The average molecular weight is 203 g/mol. The van der Waals surface area contributed by atoms with E-state index >= 15 is 0 Å². The number of hydrogen-bond donors (Lipinski definition) is 0. The van der Waals surface area contributed by atoms with Crippen molar-refractivity contribution in [2.75, 3.05) is 7.11 Å². The van der Waals surface area contributed by atoms with Gasteiger partial charge in [0.1, 0.15) is 7.11 Å². The first-order chi connectivity index (χ1) is 7.24. The Balaban J connectivity index is 2.58. The summed E-state index contributed by atoms with van der Waals surface area (Å²) in [6.07, 6.45) is 3.38. The lowest BCUT2D eigenvalue weighted by atomic mass is 9.85. The summed E-state index contributed by atoms with van der Waals surface area (Å²) in [7, 11) is 1.62. The molecular weight excluding hydrogens is 186 g/mol. The Morgan fingerprint density at radius 1 is 1.20 bits per heavy atom. The molecular formula is C13H17NO. The summed E-state index contributed by atoms with van der Waals surface area (Å²) >= 11 is 0. The quantitative estimate of drug-likeness (QED) is 0.643. The lowest BCUT2D eigenvalue weighted by Crippen LogP contribution is -2.14. The SMILES string of the molecule is CO/N=C1\CCCc2ccc(C)c(C)c21. The second kappa shape index (κ2) is 4.05. The Hall–Kier alpha value is -1.31. The Labute approximate surface area is 90.9 Å². The van der Waals surface area contributed by atoms with E-state index in [1.165, 1.54) is 35.1 Å². The molecule has 0 aliphatic heterocycles. The van der Waals surface area contributed by atoms with Crippen LogP contribution in [0.1, 0.15) is 35.1 Å². The number of aryl methyl sites for hydroxylation is 2. The summed E-state index contributed by atoms with van der Waals surface area (Å²) in [5.41, 5.74) is 6.53. The molecule has 1 aliphatic carbocycles. The summed E-state index contributed by atoms with van der Waals surface area (Å²) in [5, 5.41) is 4.14. The smallest absolute Gasteiger partial charge is 0.106 e. The topological polar surface area (TPSA) is 21.6 Å². The molecule has 0 saturated carbocycles. The molecule has 0 bridgehead atoms. The fraction of sp³-hybridized carbons (Fsp3) is 0.462. The van der Waals surface area contributed by atoms with Crippen LogP contribution in [-0.2, 0) is 11.3 Å². The summed E-state index contributed by atoms with van der Waals surface area (Å²) < 4.78 is 0. The van der Waals surface area contributed by atoms with Crippen molar-refractivity contribution in [3.8, 4) is 0 Å². The van der Waals surface area contributed by atoms with E-state index in [2.05, 4.69) is 31.1 Å². The number of hydrogen-bond acceptors (Lipinski definition) is 2. The first-order valence-corrected chi connectivity index (χ1v) is 5.43. The van der Waals surface area contributed by atoms with E-state index < -0.39 is 0 Å². The maximum Gasteiger partial charge on any atom is 0.106 e. The van der Waals surface area contributed by atoms with Crippen LogP contribution in [0.5, 0.6) is 0 Å². The monoisotopic (exact) mass is 203 g/mol. The maximum absolute atomic E-state index is 4.92. The average Bonchev–Trinajstić information content (AvgIpc) is 2.24. The molecule has 0 spiro atoms. The van der Waals surface area contributed by atoms with Gasteiger partial charge in [0, 0.05) is 5.56 Å². The van der Waals surface area contributed by atoms with E-state index in [4.69, 9.17) is 4.84 Å². The predicted molar refractivity (Wildman–Crippen MR) is 62.4 cm³/mol. The number of rotatable bonds is 1. The molecule has 0 saturated heterocycles. The molecule has 0 fully saturated rings. The van der Waals surface area contributed by atoms with E-state index in [1.54, 1.807) is 7.11 Å². The van der Waals surface area contributed by atoms with Crippen LogP contribution in [0.3, 0.4) is 0 Å². The van der Waals surface area contributed by atoms with Gasteiger partial charge in [-0.2, -0.15) is 0 Å². The molecule has 0 N–H and O–H groups in total. The van der Waals surface area contributed by atoms with Crippen LogP contribution >= 0.6 is 0 Å². The van der Waals surface area contributed by atoms with Gasteiger partial charge in [-0.3, -0.25) is 0 Å². The minimum absolute atomic E-state index is 1.03. The number of benzene rings is 1. The van der Waals surface area contributed by atoms with Crippen LogP contribution in [0.15, 0.2) is 17.3 Å². The molecule has 2 rings (SSSR count). The number of nitrogens with zero attached hydrogens (tertiary/aromatic N) is 1. The van der Waals surface area contributed by atoms with Gasteiger partial charge >= 0.3 is 0 Å². The van der Waals surface area contributed by atoms with Crippen molar-refractivity contribution < 1.29 is 4.84 Å². The minimum Gasteiger partial charge on any atom is -0.399 e. The van der Waals surface area contributed by atoms with E-state index in [1.807, 2.05) is 0 Å². The normalized spacial score (nSPS) is 17.7.